The zero-order valence-corrected chi connectivity index (χ0v) is 7.84. The van der Waals surface area contributed by atoms with Gasteiger partial charge in [0.15, 0.2) is 0 Å². The molecule has 10 heavy (non-hydrogen) atoms. The van der Waals surface area contributed by atoms with E-state index in [0.29, 0.717) is 5.25 Å². The summed E-state index contributed by atoms with van der Waals surface area (Å²) in [5.74, 6) is 0.829. The van der Waals surface area contributed by atoms with Crippen LogP contribution in [0.2, 0.25) is 0 Å². The summed E-state index contributed by atoms with van der Waals surface area (Å²) in [5, 5.41) is 0.325. The van der Waals surface area contributed by atoms with Crippen LogP contribution in [0.1, 0.15) is 32.6 Å². The molecule has 0 atom stereocenters. The van der Waals surface area contributed by atoms with Crippen molar-refractivity contribution in [1.82, 2.24) is 0 Å². The van der Waals surface area contributed by atoms with Crippen LogP contribution in [-0.2, 0) is 24.8 Å². The highest BCUT2D eigenvalue weighted by atomic mass is 32.8. The van der Waals surface area contributed by atoms with Crippen molar-refractivity contribution in [3.63, 3.8) is 0 Å². The van der Waals surface area contributed by atoms with Crippen molar-refractivity contribution in [3.05, 3.63) is 0 Å². The van der Waals surface area contributed by atoms with Crippen LogP contribution < -0.4 is 0 Å². The molecule has 0 aromatic rings. The average molecular weight is 177 g/mol. The van der Waals surface area contributed by atoms with E-state index in [-0.39, 0.29) is 0 Å². The molecule has 0 aromatic heterocycles. The Hall–Kier alpha value is 0.370. The second-order valence-electron chi connectivity index (χ2n) is 3.14. The maximum absolute atomic E-state index is 10.8. The van der Waals surface area contributed by atoms with Crippen LogP contribution in [-0.4, -0.2) is 5.25 Å². The first-order chi connectivity index (χ1) is 4.70. The Morgan fingerprint density at radius 1 is 1.30 bits per heavy atom. The van der Waals surface area contributed by atoms with Gasteiger partial charge in [0.2, 0.25) is 0 Å². The minimum Gasteiger partial charge on any atom is -0.451 e. The summed E-state index contributed by atoms with van der Waals surface area (Å²) >= 11 is 4.71. The van der Waals surface area contributed by atoms with Crippen molar-refractivity contribution >= 4 is 20.5 Å². The largest absolute Gasteiger partial charge is 0.451 e. The van der Waals surface area contributed by atoms with Crippen LogP contribution in [0, 0.1) is 5.92 Å². The third-order valence-electron chi connectivity index (χ3n) is 2.24. The molecule has 0 radical (unpaired) electrons. The SMILES string of the molecule is CC1CCC([S-](=O)=S)CC1. The molecular weight excluding hydrogens is 164 g/mol. The molecular formula is C7H13OS2-. The molecule has 0 unspecified atom stereocenters. The molecule has 1 saturated carbocycles. The molecule has 1 aliphatic carbocycles. The Bertz CT molecular complexity index is 158. The fraction of sp³-hybridized carbons (Fsp3) is 1.00. The van der Waals surface area contributed by atoms with Crippen molar-refractivity contribution in [2.75, 3.05) is 0 Å². The Morgan fingerprint density at radius 3 is 2.20 bits per heavy atom. The van der Waals surface area contributed by atoms with Gasteiger partial charge in [0.1, 0.15) is 0 Å². The van der Waals surface area contributed by atoms with Gasteiger partial charge in [-0.05, 0) is 5.92 Å². The maximum atomic E-state index is 10.8. The van der Waals surface area contributed by atoms with Crippen molar-refractivity contribution in [1.29, 1.82) is 0 Å². The third kappa shape index (κ3) is 2.20. The van der Waals surface area contributed by atoms with Gasteiger partial charge in [0.25, 0.3) is 0 Å². The van der Waals surface area contributed by atoms with E-state index in [1.165, 1.54) is 12.8 Å². The molecule has 60 valence electrons. The Kier molecular flexibility index (Phi) is 3.11. The summed E-state index contributed by atoms with van der Waals surface area (Å²) in [7, 11) is -0.984. The van der Waals surface area contributed by atoms with Crippen LogP contribution in [0.4, 0.5) is 0 Å². The molecule has 0 spiro atoms. The van der Waals surface area contributed by atoms with Crippen LogP contribution >= 0.6 is 0 Å². The average Bonchev–Trinajstić information content (AvgIpc) is 1.88. The van der Waals surface area contributed by atoms with Gasteiger partial charge in [-0.1, -0.05) is 37.9 Å². The van der Waals surface area contributed by atoms with Gasteiger partial charge >= 0.3 is 0 Å². The van der Waals surface area contributed by atoms with Gasteiger partial charge in [-0.2, -0.15) is 0 Å². The predicted molar refractivity (Wildman–Crippen MR) is 46.8 cm³/mol. The smallest absolute Gasteiger partial charge is 0.0444 e. The first kappa shape index (κ1) is 8.47. The summed E-state index contributed by atoms with van der Waals surface area (Å²) in [4.78, 5) is 0. The monoisotopic (exact) mass is 177 g/mol. The number of rotatable bonds is 1. The van der Waals surface area contributed by atoms with Crippen LogP contribution in [0.15, 0.2) is 0 Å². The van der Waals surface area contributed by atoms with E-state index < -0.39 is 9.36 Å². The quantitative estimate of drug-likeness (QED) is 0.570. The summed E-state index contributed by atoms with van der Waals surface area (Å²) in [6, 6.07) is 0. The van der Waals surface area contributed by atoms with Gasteiger partial charge in [0, 0.05) is 0 Å². The van der Waals surface area contributed by atoms with E-state index in [9.17, 15) is 4.21 Å². The maximum Gasteiger partial charge on any atom is -0.0444 e. The summed E-state index contributed by atoms with van der Waals surface area (Å²) in [6.07, 6.45) is 4.59. The lowest BCUT2D eigenvalue weighted by Gasteiger charge is -2.27. The van der Waals surface area contributed by atoms with E-state index in [4.69, 9.17) is 11.2 Å². The molecule has 0 amide bonds. The van der Waals surface area contributed by atoms with E-state index >= 15 is 0 Å². The van der Waals surface area contributed by atoms with Crippen molar-refractivity contribution in [3.8, 4) is 0 Å². The Balaban J connectivity index is 2.40. The highest BCUT2D eigenvalue weighted by molar-refractivity contribution is 8.22. The molecule has 1 rings (SSSR count). The molecule has 0 saturated heterocycles. The molecule has 3 heteroatoms. The van der Waals surface area contributed by atoms with Crippen molar-refractivity contribution in [2.24, 2.45) is 5.92 Å². The zero-order valence-electron chi connectivity index (χ0n) is 6.21. The summed E-state index contributed by atoms with van der Waals surface area (Å²) in [6.45, 7) is 2.25. The number of hydrogen-bond donors (Lipinski definition) is 0. The van der Waals surface area contributed by atoms with E-state index in [1.807, 2.05) is 0 Å². The molecule has 0 aliphatic heterocycles. The fourth-order valence-electron chi connectivity index (χ4n) is 1.42. The molecule has 0 aromatic carbocycles. The normalized spacial score (nSPS) is 34.6. The van der Waals surface area contributed by atoms with Gasteiger partial charge in [0.05, 0.1) is 0 Å². The lowest BCUT2D eigenvalue weighted by molar-refractivity contribution is 0.389. The fourth-order valence-corrected chi connectivity index (χ4v) is 2.66. The van der Waals surface area contributed by atoms with Gasteiger partial charge in [-0.15, -0.1) is 0 Å². The molecule has 0 heterocycles. The van der Waals surface area contributed by atoms with Gasteiger partial charge < -0.3 is 4.21 Å². The molecule has 0 bridgehead atoms. The molecule has 1 nitrogen and oxygen atoms in total. The Labute approximate surface area is 68.9 Å². The minimum atomic E-state index is -0.984. The minimum absolute atomic E-state index is 0.325. The highest BCUT2D eigenvalue weighted by Crippen LogP contribution is 2.25. The second-order valence-corrected chi connectivity index (χ2v) is 5.32. The predicted octanol–water partition coefficient (Wildman–Crippen LogP) is 1.99. The zero-order chi connectivity index (χ0) is 7.56. The molecule has 0 N–H and O–H groups in total. The first-order valence-electron chi connectivity index (χ1n) is 3.78. The first-order valence-corrected chi connectivity index (χ1v) is 5.92. The highest BCUT2D eigenvalue weighted by Gasteiger charge is 2.13. The van der Waals surface area contributed by atoms with E-state index in [2.05, 4.69) is 6.92 Å². The third-order valence-corrected chi connectivity index (χ3v) is 4.07. The van der Waals surface area contributed by atoms with Crippen LogP contribution in [0.5, 0.6) is 0 Å². The summed E-state index contributed by atoms with van der Waals surface area (Å²) < 4.78 is 10.8. The Morgan fingerprint density at radius 2 is 1.80 bits per heavy atom. The van der Waals surface area contributed by atoms with E-state index in [0.717, 1.165) is 18.8 Å². The topological polar surface area (TPSA) is 17.1 Å². The van der Waals surface area contributed by atoms with E-state index in [1.54, 1.807) is 0 Å². The van der Waals surface area contributed by atoms with Gasteiger partial charge in [-0.3, -0.25) is 0 Å². The molecule has 1 aliphatic rings. The number of hydrogen-bond acceptors (Lipinski definition) is 3. The van der Waals surface area contributed by atoms with Crippen LogP contribution in [0.25, 0.3) is 0 Å². The summed E-state index contributed by atoms with van der Waals surface area (Å²) in [5.41, 5.74) is 0. The lowest BCUT2D eigenvalue weighted by atomic mass is 9.91. The van der Waals surface area contributed by atoms with Crippen LogP contribution in [0.3, 0.4) is 0 Å². The van der Waals surface area contributed by atoms with Crippen molar-refractivity contribution < 1.29 is 4.21 Å². The van der Waals surface area contributed by atoms with Gasteiger partial charge in [-0.25, -0.2) is 20.5 Å². The molecule has 1 fully saturated rings. The standard InChI is InChI=1S/C7H13OS2/c1-6-2-4-7(5-3-6)10(8)9/h6-7H,2-5H2,1H3/q-1. The van der Waals surface area contributed by atoms with Crippen molar-refractivity contribution in [2.45, 2.75) is 37.9 Å². The lowest BCUT2D eigenvalue weighted by Crippen LogP contribution is -2.17. The second kappa shape index (κ2) is 3.67.